The maximum Gasteiger partial charge on any atom is 0.232 e. The fourth-order valence-electron chi connectivity index (χ4n) is 2.67. The van der Waals surface area contributed by atoms with Gasteiger partial charge < -0.3 is 20.5 Å². The highest BCUT2D eigenvalue weighted by atomic mass is 16.5. The molecule has 0 amide bonds. The molecule has 0 radical (unpaired) electrons. The summed E-state index contributed by atoms with van der Waals surface area (Å²) in [4.78, 5) is 15.1. The van der Waals surface area contributed by atoms with Crippen LogP contribution in [0.4, 0.5) is 17.6 Å². The lowest BCUT2D eigenvalue weighted by atomic mass is 10.3. The number of methoxy groups -OCH3 is 1. The van der Waals surface area contributed by atoms with Gasteiger partial charge in [0.15, 0.2) is 0 Å². The molecule has 1 fully saturated rings. The maximum atomic E-state index is 5.84. The van der Waals surface area contributed by atoms with Crippen LogP contribution in [0, 0.1) is 0 Å². The Labute approximate surface area is 141 Å². The van der Waals surface area contributed by atoms with Gasteiger partial charge in [0.05, 0.1) is 32.1 Å². The molecular weight excluding hydrogens is 308 g/mol. The van der Waals surface area contributed by atoms with Crippen LogP contribution in [0.5, 0.6) is 5.75 Å². The number of rotatable bonds is 5. The number of para-hydroxylation sites is 2. The Morgan fingerprint density at radius 1 is 1.33 bits per heavy atom. The Morgan fingerprint density at radius 2 is 2.17 bits per heavy atom. The van der Waals surface area contributed by atoms with E-state index in [2.05, 4.69) is 32.1 Å². The van der Waals surface area contributed by atoms with Crippen LogP contribution >= 0.6 is 0 Å². The number of nitrogens with two attached hydrogens (primary N) is 1. The number of anilines is 3. The van der Waals surface area contributed by atoms with E-state index in [9.17, 15) is 0 Å². The Morgan fingerprint density at radius 3 is 2.96 bits per heavy atom. The highest BCUT2D eigenvalue weighted by molar-refractivity contribution is 5.62. The zero-order valence-corrected chi connectivity index (χ0v) is 13.9. The van der Waals surface area contributed by atoms with Crippen molar-refractivity contribution >= 4 is 17.6 Å². The molecule has 1 aliphatic heterocycles. The molecule has 8 heteroatoms. The van der Waals surface area contributed by atoms with E-state index >= 15 is 0 Å². The quantitative estimate of drug-likeness (QED) is 0.849. The minimum atomic E-state index is 0.193. The Bertz CT molecular complexity index is 696. The molecule has 8 nitrogen and oxygen atoms in total. The number of hydrogen-bond acceptors (Lipinski definition) is 8. The van der Waals surface area contributed by atoms with Gasteiger partial charge in [0.1, 0.15) is 11.6 Å². The molecule has 1 aliphatic rings. The molecule has 128 valence electrons. The van der Waals surface area contributed by atoms with E-state index in [4.69, 9.17) is 15.2 Å². The number of hydrogen-bond donors (Lipinski definition) is 2. The molecule has 1 atom stereocenters. The van der Waals surface area contributed by atoms with Crippen LogP contribution in [0.3, 0.4) is 0 Å². The molecule has 1 aromatic carbocycles. The van der Waals surface area contributed by atoms with Crippen LogP contribution in [-0.2, 0) is 11.3 Å². The summed E-state index contributed by atoms with van der Waals surface area (Å²) in [5, 5.41) is 3.14. The molecule has 2 aromatic rings. The minimum absolute atomic E-state index is 0.193. The van der Waals surface area contributed by atoms with E-state index < -0.39 is 0 Å². The average molecular weight is 330 g/mol. The van der Waals surface area contributed by atoms with Gasteiger partial charge in [-0.15, -0.1) is 0 Å². The number of nitrogens with zero attached hydrogens (tertiary/aromatic N) is 4. The molecule has 1 saturated heterocycles. The Kier molecular flexibility index (Phi) is 5.07. The molecular formula is C16H22N6O2. The first-order valence-electron chi connectivity index (χ1n) is 7.88. The average Bonchev–Trinajstić information content (AvgIpc) is 2.55. The van der Waals surface area contributed by atoms with Crippen molar-refractivity contribution in [2.24, 2.45) is 0 Å². The van der Waals surface area contributed by atoms with E-state index in [1.54, 1.807) is 7.11 Å². The predicted molar refractivity (Wildman–Crippen MR) is 91.2 cm³/mol. The number of benzene rings is 1. The summed E-state index contributed by atoms with van der Waals surface area (Å²) in [6.07, 6.45) is 0.212. The van der Waals surface area contributed by atoms with E-state index in [0.717, 1.165) is 18.8 Å². The first-order valence-corrected chi connectivity index (χ1v) is 7.88. The van der Waals surface area contributed by atoms with E-state index in [-0.39, 0.29) is 12.1 Å². The van der Waals surface area contributed by atoms with Gasteiger partial charge in [-0.1, -0.05) is 12.1 Å². The molecule has 2 heterocycles. The summed E-state index contributed by atoms with van der Waals surface area (Å²) < 4.78 is 10.9. The van der Waals surface area contributed by atoms with Gasteiger partial charge >= 0.3 is 0 Å². The zero-order valence-electron chi connectivity index (χ0n) is 13.9. The van der Waals surface area contributed by atoms with Crippen molar-refractivity contribution in [3.8, 4) is 5.75 Å². The fourth-order valence-corrected chi connectivity index (χ4v) is 2.67. The lowest BCUT2D eigenvalue weighted by Gasteiger charge is -2.30. The monoisotopic (exact) mass is 330 g/mol. The summed E-state index contributed by atoms with van der Waals surface area (Å²) in [5.41, 5.74) is 6.61. The van der Waals surface area contributed by atoms with Crippen LogP contribution in [0.2, 0.25) is 0 Å². The highest BCUT2D eigenvalue weighted by Crippen LogP contribution is 2.25. The van der Waals surface area contributed by atoms with Gasteiger partial charge in [-0.2, -0.15) is 15.0 Å². The van der Waals surface area contributed by atoms with E-state index in [1.807, 2.05) is 24.3 Å². The van der Waals surface area contributed by atoms with Crippen molar-refractivity contribution in [2.45, 2.75) is 19.6 Å². The second-order valence-electron chi connectivity index (χ2n) is 5.68. The second-order valence-corrected chi connectivity index (χ2v) is 5.68. The molecule has 24 heavy (non-hydrogen) atoms. The predicted octanol–water partition coefficient (Wildman–Crippen LogP) is 1.43. The molecule has 0 bridgehead atoms. The fraction of sp³-hybridized carbons (Fsp3) is 0.438. The Hall–Kier alpha value is -2.45. The molecule has 0 saturated carbocycles. The van der Waals surface area contributed by atoms with E-state index in [0.29, 0.717) is 30.7 Å². The van der Waals surface area contributed by atoms with Gasteiger partial charge in [-0.3, -0.25) is 4.90 Å². The SMILES string of the molecule is COc1ccccc1Nc1nc(N)nc(CN2CCOC(C)C2)n1. The third kappa shape index (κ3) is 4.09. The van der Waals surface area contributed by atoms with Gasteiger partial charge in [0.2, 0.25) is 11.9 Å². The summed E-state index contributed by atoms with van der Waals surface area (Å²) in [5.74, 6) is 1.94. The summed E-state index contributed by atoms with van der Waals surface area (Å²) in [6, 6.07) is 7.56. The largest absolute Gasteiger partial charge is 0.495 e. The van der Waals surface area contributed by atoms with Crippen LogP contribution in [0.25, 0.3) is 0 Å². The van der Waals surface area contributed by atoms with Crippen molar-refractivity contribution in [3.05, 3.63) is 30.1 Å². The van der Waals surface area contributed by atoms with Gasteiger partial charge in [-0.25, -0.2) is 0 Å². The molecule has 0 aliphatic carbocycles. The number of aromatic nitrogens is 3. The van der Waals surface area contributed by atoms with Crippen molar-refractivity contribution in [1.29, 1.82) is 0 Å². The topological polar surface area (TPSA) is 98.4 Å². The minimum Gasteiger partial charge on any atom is -0.495 e. The molecule has 3 N–H and O–H groups in total. The van der Waals surface area contributed by atoms with E-state index in [1.165, 1.54) is 0 Å². The zero-order chi connectivity index (χ0) is 16.9. The third-order valence-electron chi connectivity index (χ3n) is 3.74. The summed E-state index contributed by atoms with van der Waals surface area (Å²) >= 11 is 0. The summed E-state index contributed by atoms with van der Waals surface area (Å²) in [6.45, 7) is 5.09. The number of nitrogens with one attached hydrogen (secondary N) is 1. The first kappa shape index (κ1) is 16.4. The van der Waals surface area contributed by atoms with Crippen molar-refractivity contribution < 1.29 is 9.47 Å². The highest BCUT2D eigenvalue weighted by Gasteiger charge is 2.18. The molecule has 0 spiro atoms. The van der Waals surface area contributed by atoms with Crippen LogP contribution in [0.1, 0.15) is 12.7 Å². The van der Waals surface area contributed by atoms with Gasteiger partial charge in [0, 0.05) is 13.1 Å². The normalized spacial score (nSPS) is 18.3. The van der Waals surface area contributed by atoms with Gasteiger partial charge in [0.25, 0.3) is 0 Å². The van der Waals surface area contributed by atoms with Crippen molar-refractivity contribution in [1.82, 2.24) is 19.9 Å². The first-order chi connectivity index (χ1) is 11.6. The smallest absolute Gasteiger partial charge is 0.232 e. The van der Waals surface area contributed by atoms with Crippen LogP contribution in [0.15, 0.2) is 24.3 Å². The van der Waals surface area contributed by atoms with Crippen molar-refractivity contribution in [2.75, 3.05) is 37.9 Å². The lowest BCUT2D eigenvalue weighted by Crippen LogP contribution is -2.40. The van der Waals surface area contributed by atoms with Crippen LogP contribution in [-0.4, -0.2) is 52.8 Å². The molecule has 3 rings (SSSR count). The standard InChI is InChI=1S/C16H22N6O2/c1-11-9-22(7-8-24-11)10-14-19-15(17)21-16(20-14)18-12-5-3-4-6-13(12)23-2/h3-6,11H,7-10H2,1-2H3,(H3,17,18,19,20,21). The number of nitrogen functional groups attached to an aromatic ring is 1. The number of ether oxygens (including phenoxy) is 2. The van der Waals surface area contributed by atoms with Gasteiger partial charge in [-0.05, 0) is 19.1 Å². The van der Waals surface area contributed by atoms with Crippen molar-refractivity contribution in [3.63, 3.8) is 0 Å². The second kappa shape index (κ2) is 7.41. The lowest BCUT2D eigenvalue weighted by molar-refractivity contribution is -0.0219. The summed E-state index contributed by atoms with van der Waals surface area (Å²) in [7, 11) is 1.62. The Balaban J connectivity index is 1.76. The molecule has 1 unspecified atom stereocenters. The third-order valence-corrected chi connectivity index (χ3v) is 3.74. The van der Waals surface area contributed by atoms with Crippen LogP contribution < -0.4 is 15.8 Å². The number of morpholine rings is 1. The molecule has 1 aromatic heterocycles. The maximum absolute atomic E-state index is 5.84.